The Morgan fingerprint density at radius 3 is 2.56 bits per heavy atom. The quantitative estimate of drug-likeness (QED) is 0.761. The van der Waals surface area contributed by atoms with Crippen LogP contribution in [0.15, 0.2) is 18.3 Å². The predicted octanol–water partition coefficient (Wildman–Crippen LogP) is 1.35. The Balaban J connectivity index is 2.48. The number of nitrogens with zero attached hydrogens (tertiary/aromatic N) is 5. The Hall–Kier alpha value is -1.91. The molecule has 0 radical (unpaired) electrons. The van der Waals surface area contributed by atoms with Crippen molar-refractivity contribution in [3.05, 3.63) is 29.7 Å². The van der Waals surface area contributed by atoms with Gasteiger partial charge in [-0.25, -0.2) is 9.67 Å². The molecule has 0 fully saturated rings. The minimum absolute atomic E-state index is 0.608. The zero-order valence-corrected chi connectivity index (χ0v) is 9.97. The van der Waals surface area contributed by atoms with Crippen molar-refractivity contribution in [2.24, 2.45) is 0 Å². The van der Waals surface area contributed by atoms with Crippen LogP contribution in [0.25, 0.3) is 5.95 Å². The monoisotopic (exact) mass is 217 g/mol. The van der Waals surface area contributed by atoms with Crippen molar-refractivity contribution in [2.45, 2.75) is 13.8 Å². The first-order valence-corrected chi connectivity index (χ1v) is 5.12. The first-order valence-electron chi connectivity index (χ1n) is 5.12. The van der Waals surface area contributed by atoms with Crippen LogP contribution in [0.4, 0.5) is 5.82 Å². The van der Waals surface area contributed by atoms with E-state index in [1.165, 1.54) is 0 Å². The molecule has 0 aliphatic heterocycles. The second-order valence-corrected chi connectivity index (χ2v) is 3.95. The van der Waals surface area contributed by atoms with Gasteiger partial charge in [0.15, 0.2) is 0 Å². The van der Waals surface area contributed by atoms with Crippen LogP contribution in [0, 0.1) is 13.8 Å². The van der Waals surface area contributed by atoms with Gasteiger partial charge in [0.2, 0.25) is 0 Å². The van der Waals surface area contributed by atoms with Gasteiger partial charge in [-0.15, -0.1) is 0 Å². The highest BCUT2D eigenvalue weighted by atomic mass is 15.4. The van der Waals surface area contributed by atoms with E-state index in [9.17, 15) is 0 Å². The highest BCUT2D eigenvalue weighted by Crippen LogP contribution is 2.11. The summed E-state index contributed by atoms with van der Waals surface area (Å²) in [5, 5.41) is 4.35. The van der Waals surface area contributed by atoms with Crippen molar-refractivity contribution in [3.8, 4) is 5.95 Å². The number of anilines is 1. The van der Waals surface area contributed by atoms with E-state index in [4.69, 9.17) is 0 Å². The molecule has 0 saturated carbocycles. The summed E-state index contributed by atoms with van der Waals surface area (Å²) >= 11 is 0. The largest absolute Gasteiger partial charge is 0.363 e. The third-order valence-corrected chi connectivity index (χ3v) is 2.29. The first-order chi connectivity index (χ1) is 7.58. The molecule has 0 amide bonds. The van der Waals surface area contributed by atoms with E-state index in [1.54, 1.807) is 10.9 Å². The molecule has 0 saturated heterocycles. The lowest BCUT2D eigenvalue weighted by atomic mass is 10.4. The lowest BCUT2D eigenvalue weighted by Crippen LogP contribution is -2.13. The molecule has 2 aromatic heterocycles. The third-order valence-electron chi connectivity index (χ3n) is 2.29. The summed E-state index contributed by atoms with van der Waals surface area (Å²) in [6.45, 7) is 3.95. The van der Waals surface area contributed by atoms with Crippen LogP contribution in [-0.4, -0.2) is 33.8 Å². The van der Waals surface area contributed by atoms with Crippen molar-refractivity contribution in [1.82, 2.24) is 19.7 Å². The molecule has 0 unspecified atom stereocenters. The maximum Gasteiger partial charge on any atom is 0.252 e. The molecule has 5 nitrogen and oxygen atoms in total. The highest BCUT2D eigenvalue weighted by Gasteiger charge is 2.07. The van der Waals surface area contributed by atoms with Crippen molar-refractivity contribution < 1.29 is 0 Å². The van der Waals surface area contributed by atoms with Crippen LogP contribution < -0.4 is 4.90 Å². The molecule has 2 heterocycles. The van der Waals surface area contributed by atoms with Gasteiger partial charge >= 0.3 is 0 Å². The molecule has 0 N–H and O–H groups in total. The van der Waals surface area contributed by atoms with Gasteiger partial charge in [0.05, 0.1) is 5.69 Å². The van der Waals surface area contributed by atoms with E-state index in [0.29, 0.717) is 5.95 Å². The van der Waals surface area contributed by atoms with Crippen LogP contribution >= 0.6 is 0 Å². The standard InChI is InChI=1S/C11H15N5/c1-8-7-9(2)16(14-8)11-12-6-5-10(13-11)15(3)4/h5-7H,1-4H3. The number of aryl methyl sites for hydroxylation is 2. The molecule has 0 aromatic carbocycles. The topological polar surface area (TPSA) is 46.8 Å². The van der Waals surface area contributed by atoms with E-state index >= 15 is 0 Å². The zero-order chi connectivity index (χ0) is 11.7. The van der Waals surface area contributed by atoms with E-state index in [1.807, 2.05) is 45.0 Å². The van der Waals surface area contributed by atoms with Gasteiger partial charge in [-0.1, -0.05) is 0 Å². The summed E-state index contributed by atoms with van der Waals surface area (Å²) in [6.07, 6.45) is 1.74. The summed E-state index contributed by atoms with van der Waals surface area (Å²) in [6, 6.07) is 3.88. The molecule has 0 bridgehead atoms. The number of hydrogen-bond acceptors (Lipinski definition) is 4. The van der Waals surface area contributed by atoms with Gasteiger partial charge in [-0.3, -0.25) is 0 Å². The number of aromatic nitrogens is 4. The van der Waals surface area contributed by atoms with Crippen LogP contribution in [0.5, 0.6) is 0 Å². The molecule has 2 aromatic rings. The van der Waals surface area contributed by atoms with Crippen LogP contribution in [0.2, 0.25) is 0 Å². The van der Waals surface area contributed by atoms with E-state index < -0.39 is 0 Å². The Bertz CT molecular complexity index is 501. The molecule has 0 spiro atoms. The Morgan fingerprint density at radius 2 is 2.00 bits per heavy atom. The van der Waals surface area contributed by atoms with Gasteiger partial charge in [-0.2, -0.15) is 10.1 Å². The fourth-order valence-corrected chi connectivity index (χ4v) is 1.52. The molecular weight excluding hydrogens is 202 g/mol. The summed E-state index contributed by atoms with van der Waals surface area (Å²) in [4.78, 5) is 10.6. The van der Waals surface area contributed by atoms with Gasteiger partial charge in [-0.05, 0) is 26.0 Å². The average Bonchev–Trinajstić information content (AvgIpc) is 2.58. The molecule has 2 rings (SSSR count). The van der Waals surface area contributed by atoms with Crippen molar-refractivity contribution in [1.29, 1.82) is 0 Å². The molecule has 0 aliphatic rings. The SMILES string of the molecule is Cc1cc(C)n(-c2nccc(N(C)C)n2)n1. The lowest BCUT2D eigenvalue weighted by Gasteiger charge is -2.11. The summed E-state index contributed by atoms with van der Waals surface area (Å²) < 4.78 is 1.75. The molecular formula is C11H15N5. The highest BCUT2D eigenvalue weighted by molar-refractivity contribution is 5.37. The molecule has 16 heavy (non-hydrogen) atoms. The Labute approximate surface area is 94.8 Å². The van der Waals surface area contributed by atoms with Crippen LogP contribution in [-0.2, 0) is 0 Å². The van der Waals surface area contributed by atoms with E-state index in [-0.39, 0.29) is 0 Å². The van der Waals surface area contributed by atoms with Crippen molar-refractivity contribution in [2.75, 3.05) is 19.0 Å². The maximum atomic E-state index is 4.43. The summed E-state index contributed by atoms with van der Waals surface area (Å²) in [7, 11) is 3.90. The Kier molecular flexibility index (Phi) is 2.60. The second-order valence-electron chi connectivity index (χ2n) is 3.95. The van der Waals surface area contributed by atoms with Crippen molar-refractivity contribution in [3.63, 3.8) is 0 Å². The maximum absolute atomic E-state index is 4.43. The summed E-state index contributed by atoms with van der Waals surface area (Å²) in [5.41, 5.74) is 2.00. The summed E-state index contributed by atoms with van der Waals surface area (Å²) in [5.74, 6) is 1.48. The zero-order valence-electron chi connectivity index (χ0n) is 9.97. The number of hydrogen-bond donors (Lipinski definition) is 0. The van der Waals surface area contributed by atoms with Gasteiger partial charge in [0.25, 0.3) is 5.95 Å². The first kappa shape index (κ1) is 10.6. The predicted molar refractivity (Wildman–Crippen MR) is 63.0 cm³/mol. The van der Waals surface area contributed by atoms with Gasteiger partial charge < -0.3 is 4.90 Å². The third kappa shape index (κ3) is 1.88. The molecule has 5 heteroatoms. The minimum atomic E-state index is 0.608. The fraction of sp³-hybridized carbons (Fsp3) is 0.364. The Morgan fingerprint density at radius 1 is 1.25 bits per heavy atom. The lowest BCUT2D eigenvalue weighted by molar-refractivity contribution is 0.771. The van der Waals surface area contributed by atoms with E-state index in [0.717, 1.165) is 17.2 Å². The van der Waals surface area contributed by atoms with Gasteiger partial charge in [0.1, 0.15) is 5.82 Å². The minimum Gasteiger partial charge on any atom is -0.363 e. The average molecular weight is 217 g/mol. The number of rotatable bonds is 2. The molecule has 84 valence electrons. The van der Waals surface area contributed by atoms with Crippen LogP contribution in [0.3, 0.4) is 0 Å². The fourth-order valence-electron chi connectivity index (χ4n) is 1.52. The van der Waals surface area contributed by atoms with Crippen molar-refractivity contribution >= 4 is 5.82 Å². The second kappa shape index (κ2) is 3.92. The van der Waals surface area contributed by atoms with Gasteiger partial charge in [0, 0.05) is 26.0 Å². The smallest absolute Gasteiger partial charge is 0.252 e. The van der Waals surface area contributed by atoms with Crippen LogP contribution in [0.1, 0.15) is 11.4 Å². The van der Waals surface area contributed by atoms with E-state index in [2.05, 4.69) is 15.1 Å². The molecule has 0 aliphatic carbocycles. The molecule has 0 atom stereocenters. The normalized spacial score (nSPS) is 10.5.